The lowest BCUT2D eigenvalue weighted by atomic mass is 9.85. The molecule has 2 aliphatic rings. The van der Waals surface area contributed by atoms with Gasteiger partial charge in [0.05, 0.1) is 0 Å². The highest BCUT2D eigenvalue weighted by atomic mass is 32.2. The smallest absolute Gasteiger partial charge is 0.308 e. The maximum atomic E-state index is 13.2. The Bertz CT molecular complexity index is 1060. The molecule has 8 heteroatoms. The van der Waals surface area contributed by atoms with E-state index in [-0.39, 0.29) is 27.9 Å². The van der Waals surface area contributed by atoms with Crippen LogP contribution in [0.15, 0.2) is 36.4 Å². The molecule has 4 rings (SSSR count). The molecule has 2 aromatic rings. The molecule has 0 N–H and O–H groups in total. The molecule has 0 aromatic heterocycles. The van der Waals surface area contributed by atoms with Crippen molar-refractivity contribution in [3.8, 4) is 11.5 Å². The van der Waals surface area contributed by atoms with Crippen molar-refractivity contribution in [2.45, 2.75) is 51.4 Å². The molecule has 1 fully saturated rings. The van der Waals surface area contributed by atoms with Crippen LogP contribution in [0.5, 0.6) is 11.5 Å². The van der Waals surface area contributed by atoms with Gasteiger partial charge in [-0.05, 0) is 72.0 Å². The summed E-state index contributed by atoms with van der Waals surface area (Å²) in [5.41, 5.74) is 2.36. The number of halogens is 1. The van der Waals surface area contributed by atoms with E-state index in [2.05, 4.69) is 25.7 Å². The third kappa shape index (κ3) is 5.66. The molecule has 6 nitrogen and oxygen atoms in total. The molecular formula is C26H31FN2O4S. The first-order valence-corrected chi connectivity index (χ1v) is 12.5. The number of ether oxygens (including phenoxy) is 2. The van der Waals surface area contributed by atoms with Crippen molar-refractivity contribution in [2.24, 2.45) is 0 Å². The van der Waals surface area contributed by atoms with Crippen molar-refractivity contribution < 1.29 is 23.5 Å². The molecule has 0 bridgehead atoms. The second-order valence-corrected chi connectivity index (χ2v) is 10.8. The number of fused-ring (bicyclic) bond motifs is 1. The number of benzene rings is 2. The van der Waals surface area contributed by atoms with Crippen LogP contribution in [0, 0.1) is 5.82 Å². The van der Waals surface area contributed by atoms with Crippen LogP contribution < -0.4 is 14.4 Å². The fourth-order valence-corrected chi connectivity index (χ4v) is 5.22. The van der Waals surface area contributed by atoms with Crippen LogP contribution in [-0.2, 0) is 16.6 Å². The highest BCUT2D eigenvalue weighted by Crippen LogP contribution is 2.41. The third-order valence-corrected chi connectivity index (χ3v) is 7.15. The molecule has 1 saturated heterocycles. The molecule has 0 saturated carbocycles. The molecule has 1 unspecified atom stereocenters. The number of esters is 1. The average molecular weight is 487 g/mol. The van der Waals surface area contributed by atoms with Crippen LogP contribution in [0.4, 0.5) is 14.9 Å². The Balaban J connectivity index is 1.38. The Kier molecular flexibility index (Phi) is 7.07. The number of thioether (sulfide) groups is 1. The second-order valence-electron chi connectivity index (χ2n) is 9.72. The van der Waals surface area contributed by atoms with E-state index in [1.165, 1.54) is 30.8 Å². The summed E-state index contributed by atoms with van der Waals surface area (Å²) in [6.45, 7) is 10.2. The van der Waals surface area contributed by atoms with Crippen molar-refractivity contribution in [1.82, 2.24) is 4.90 Å². The SMILES string of the molecule is CC(=O)Oc1cc2c(cc1C(C)(C)C)OC(SC(=O)N1CCN(c3ccc(F)cc3)CC1)CC2. The Labute approximate surface area is 204 Å². The number of rotatable bonds is 3. The number of hydrogen-bond acceptors (Lipinski definition) is 6. The lowest BCUT2D eigenvalue weighted by Crippen LogP contribution is -2.48. The van der Waals surface area contributed by atoms with Crippen molar-refractivity contribution in [2.75, 3.05) is 31.1 Å². The van der Waals surface area contributed by atoms with E-state index in [0.717, 1.165) is 29.0 Å². The minimum atomic E-state index is -0.347. The standard InChI is InChI=1S/C26H31FN2O4S/c1-17(30)32-23-15-18-5-10-24(33-22(18)16-21(23)26(2,3)4)34-25(31)29-13-11-28(12-14-29)20-8-6-19(27)7-9-20/h6-9,15-16,24H,5,10-14H2,1-4H3. The highest BCUT2D eigenvalue weighted by Gasteiger charge is 2.30. The normalized spacial score (nSPS) is 18.2. The summed E-state index contributed by atoms with van der Waals surface area (Å²) in [6, 6.07) is 10.3. The second kappa shape index (κ2) is 9.86. The van der Waals surface area contributed by atoms with Gasteiger partial charge in [0, 0.05) is 44.4 Å². The maximum Gasteiger partial charge on any atom is 0.308 e. The fraction of sp³-hybridized carbons (Fsp3) is 0.462. The van der Waals surface area contributed by atoms with Gasteiger partial charge in [-0.3, -0.25) is 9.59 Å². The van der Waals surface area contributed by atoms with E-state index in [0.29, 0.717) is 38.3 Å². The van der Waals surface area contributed by atoms with E-state index >= 15 is 0 Å². The molecule has 182 valence electrons. The van der Waals surface area contributed by atoms with Crippen LogP contribution in [0.1, 0.15) is 45.2 Å². The van der Waals surface area contributed by atoms with Crippen LogP contribution in [0.25, 0.3) is 0 Å². The van der Waals surface area contributed by atoms with Crippen LogP contribution in [-0.4, -0.2) is 47.7 Å². The van der Waals surface area contributed by atoms with Crippen molar-refractivity contribution >= 4 is 28.7 Å². The number of nitrogens with zero attached hydrogens (tertiary/aromatic N) is 2. The molecule has 0 radical (unpaired) electrons. The number of anilines is 1. The van der Waals surface area contributed by atoms with Crippen LogP contribution >= 0.6 is 11.8 Å². The number of amides is 1. The zero-order chi connectivity index (χ0) is 24.5. The van der Waals surface area contributed by atoms with Crippen molar-refractivity contribution in [3.63, 3.8) is 0 Å². The summed E-state index contributed by atoms with van der Waals surface area (Å²) >= 11 is 1.23. The predicted octanol–water partition coefficient (Wildman–Crippen LogP) is 5.38. The summed E-state index contributed by atoms with van der Waals surface area (Å²) in [6.07, 6.45) is 1.45. The molecule has 2 aliphatic heterocycles. The van der Waals surface area contributed by atoms with Gasteiger partial charge in [-0.1, -0.05) is 20.8 Å². The minimum absolute atomic E-state index is 0.0137. The molecule has 34 heavy (non-hydrogen) atoms. The molecule has 2 aromatic carbocycles. The molecule has 1 atom stereocenters. The number of hydrogen-bond donors (Lipinski definition) is 0. The Morgan fingerprint density at radius 2 is 1.76 bits per heavy atom. The lowest BCUT2D eigenvalue weighted by molar-refractivity contribution is -0.131. The first-order valence-electron chi connectivity index (χ1n) is 11.6. The third-order valence-electron chi connectivity index (χ3n) is 6.09. The van der Waals surface area contributed by atoms with Gasteiger partial charge in [0.15, 0.2) is 5.44 Å². The van der Waals surface area contributed by atoms with Gasteiger partial charge < -0.3 is 19.3 Å². The van der Waals surface area contributed by atoms with Gasteiger partial charge in [-0.2, -0.15) is 0 Å². The summed E-state index contributed by atoms with van der Waals surface area (Å²) < 4.78 is 24.9. The minimum Gasteiger partial charge on any atom is -0.479 e. The molecule has 1 amide bonds. The number of piperazine rings is 1. The summed E-state index contributed by atoms with van der Waals surface area (Å²) in [4.78, 5) is 28.6. The van der Waals surface area contributed by atoms with Gasteiger partial charge in [0.1, 0.15) is 17.3 Å². The summed E-state index contributed by atoms with van der Waals surface area (Å²) in [7, 11) is 0. The number of aryl methyl sites for hydroxylation is 1. The average Bonchev–Trinajstić information content (AvgIpc) is 2.78. The Hall–Kier alpha value is -2.74. The molecule has 0 aliphatic carbocycles. The van der Waals surface area contributed by atoms with E-state index in [1.54, 1.807) is 12.1 Å². The Morgan fingerprint density at radius 3 is 2.38 bits per heavy atom. The summed E-state index contributed by atoms with van der Waals surface area (Å²) in [5.74, 6) is 0.725. The lowest BCUT2D eigenvalue weighted by Gasteiger charge is -2.36. The molecular weight excluding hydrogens is 455 g/mol. The van der Waals surface area contributed by atoms with Crippen LogP contribution in [0.2, 0.25) is 0 Å². The van der Waals surface area contributed by atoms with E-state index < -0.39 is 0 Å². The van der Waals surface area contributed by atoms with E-state index in [1.807, 2.05) is 17.0 Å². The fourth-order valence-electron chi connectivity index (χ4n) is 4.28. The van der Waals surface area contributed by atoms with Gasteiger partial charge in [0.2, 0.25) is 0 Å². The Morgan fingerprint density at radius 1 is 1.09 bits per heavy atom. The maximum absolute atomic E-state index is 13.2. The van der Waals surface area contributed by atoms with E-state index in [9.17, 15) is 14.0 Å². The van der Waals surface area contributed by atoms with Crippen molar-refractivity contribution in [1.29, 1.82) is 0 Å². The van der Waals surface area contributed by atoms with Gasteiger partial charge in [-0.15, -0.1) is 0 Å². The van der Waals surface area contributed by atoms with Gasteiger partial charge in [-0.25, -0.2) is 4.39 Å². The molecule has 0 spiro atoms. The monoisotopic (exact) mass is 486 g/mol. The predicted molar refractivity (Wildman–Crippen MR) is 132 cm³/mol. The number of carbonyl (C=O) groups excluding carboxylic acids is 2. The largest absolute Gasteiger partial charge is 0.479 e. The highest BCUT2D eigenvalue weighted by molar-refractivity contribution is 8.13. The first-order chi connectivity index (χ1) is 16.1. The van der Waals surface area contributed by atoms with Crippen LogP contribution in [0.3, 0.4) is 0 Å². The zero-order valence-corrected chi connectivity index (χ0v) is 20.9. The van der Waals surface area contributed by atoms with Gasteiger partial charge in [0.25, 0.3) is 5.24 Å². The van der Waals surface area contributed by atoms with Crippen molar-refractivity contribution in [3.05, 3.63) is 53.3 Å². The number of carbonyl (C=O) groups is 2. The zero-order valence-electron chi connectivity index (χ0n) is 20.1. The van der Waals surface area contributed by atoms with E-state index in [4.69, 9.17) is 9.47 Å². The van der Waals surface area contributed by atoms with Gasteiger partial charge >= 0.3 is 5.97 Å². The first kappa shape index (κ1) is 24.4. The summed E-state index contributed by atoms with van der Waals surface area (Å²) in [5, 5.41) is 0.0137. The quantitative estimate of drug-likeness (QED) is 0.429. The molecule has 2 heterocycles. The topological polar surface area (TPSA) is 59.1 Å².